The van der Waals surface area contributed by atoms with Gasteiger partial charge in [-0.05, 0) is 25.2 Å². The van der Waals surface area contributed by atoms with Crippen LogP contribution in [0.5, 0.6) is 0 Å². The van der Waals surface area contributed by atoms with Crippen molar-refractivity contribution >= 4 is 0 Å². The van der Waals surface area contributed by atoms with Crippen LogP contribution in [0.3, 0.4) is 0 Å². The number of halogens is 1. The molecule has 1 saturated heterocycles. The van der Waals surface area contributed by atoms with E-state index in [0.29, 0.717) is 17.7 Å². The molecule has 96 valence electrons. The molecule has 0 unspecified atom stereocenters. The Bertz CT molecular complexity index is 447. The van der Waals surface area contributed by atoms with Crippen molar-refractivity contribution in [2.45, 2.75) is 6.54 Å². The molecule has 1 heterocycles. The highest BCUT2D eigenvalue weighted by atomic mass is 19.1. The van der Waals surface area contributed by atoms with Crippen LogP contribution in [0.1, 0.15) is 11.1 Å². The van der Waals surface area contributed by atoms with Crippen LogP contribution in [0, 0.1) is 17.1 Å². The minimum absolute atomic E-state index is 0.268. The number of rotatable bonds is 3. The van der Waals surface area contributed by atoms with Gasteiger partial charge in [-0.1, -0.05) is 0 Å². The number of hydrazine groups is 1. The monoisotopic (exact) mass is 248 g/mol. The van der Waals surface area contributed by atoms with Gasteiger partial charge in [-0.3, -0.25) is 5.43 Å². The summed E-state index contributed by atoms with van der Waals surface area (Å²) in [6.07, 6.45) is 0. The average molecular weight is 248 g/mol. The van der Waals surface area contributed by atoms with Crippen LogP contribution >= 0.6 is 0 Å². The lowest BCUT2D eigenvalue weighted by molar-refractivity contribution is 0.102. The van der Waals surface area contributed by atoms with E-state index in [1.807, 2.05) is 6.07 Å². The minimum Gasteiger partial charge on any atom is -0.304 e. The molecule has 0 saturated carbocycles. The molecule has 0 aliphatic carbocycles. The van der Waals surface area contributed by atoms with Crippen molar-refractivity contribution < 1.29 is 4.39 Å². The third-order valence-electron chi connectivity index (χ3n) is 3.17. The topological polar surface area (TPSA) is 42.3 Å². The normalized spacial score (nSPS) is 17.6. The molecule has 1 aromatic rings. The molecule has 1 aliphatic heterocycles. The largest absolute Gasteiger partial charge is 0.304 e. The SMILES string of the molecule is CN1CCN(NCc2cc(C#N)ccc2F)CC1. The molecule has 0 spiro atoms. The summed E-state index contributed by atoms with van der Waals surface area (Å²) in [5.74, 6) is -0.268. The summed E-state index contributed by atoms with van der Waals surface area (Å²) in [5.41, 5.74) is 4.24. The lowest BCUT2D eigenvalue weighted by Gasteiger charge is -2.32. The Morgan fingerprint density at radius 3 is 2.72 bits per heavy atom. The van der Waals surface area contributed by atoms with E-state index in [1.165, 1.54) is 12.1 Å². The molecule has 0 atom stereocenters. The standard InChI is InChI=1S/C13H17FN4/c1-17-4-6-18(7-5-17)16-10-12-8-11(9-15)2-3-13(12)14/h2-3,8,16H,4-7,10H2,1H3. The molecule has 1 N–H and O–H groups in total. The van der Waals surface area contributed by atoms with Gasteiger partial charge in [0, 0.05) is 38.3 Å². The second kappa shape index (κ2) is 5.91. The summed E-state index contributed by atoms with van der Waals surface area (Å²) in [6.45, 7) is 4.29. The minimum atomic E-state index is -0.268. The van der Waals surface area contributed by atoms with E-state index < -0.39 is 0 Å². The van der Waals surface area contributed by atoms with Crippen LogP contribution < -0.4 is 5.43 Å². The fraction of sp³-hybridized carbons (Fsp3) is 0.462. The van der Waals surface area contributed by atoms with Crippen molar-refractivity contribution in [3.63, 3.8) is 0 Å². The first kappa shape index (κ1) is 13.0. The Balaban J connectivity index is 1.92. The number of hydrogen-bond donors (Lipinski definition) is 1. The molecule has 1 aromatic carbocycles. The van der Waals surface area contributed by atoms with Crippen LogP contribution in [0.4, 0.5) is 4.39 Å². The maximum absolute atomic E-state index is 13.5. The van der Waals surface area contributed by atoms with Crippen molar-refractivity contribution in [2.75, 3.05) is 33.2 Å². The van der Waals surface area contributed by atoms with Gasteiger partial charge in [-0.2, -0.15) is 5.26 Å². The summed E-state index contributed by atoms with van der Waals surface area (Å²) < 4.78 is 13.5. The van der Waals surface area contributed by atoms with Crippen LogP contribution in [-0.4, -0.2) is 43.1 Å². The number of benzene rings is 1. The summed E-state index contributed by atoms with van der Waals surface area (Å²) in [4.78, 5) is 2.26. The van der Waals surface area contributed by atoms with Crippen molar-refractivity contribution in [3.05, 3.63) is 35.1 Å². The summed E-state index contributed by atoms with van der Waals surface area (Å²) in [6, 6.07) is 6.46. The van der Waals surface area contributed by atoms with Gasteiger partial charge in [0.05, 0.1) is 11.6 Å². The third-order valence-corrected chi connectivity index (χ3v) is 3.17. The van der Waals surface area contributed by atoms with Gasteiger partial charge in [-0.25, -0.2) is 9.40 Å². The first-order valence-corrected chi connectivity index (χ1v) is 6.04. The van der Waals surface area contributed by atoms with Crippen LogP contribution in [-0.2, 0) is 6.54 Å². The molecule has 4 nitrogen and oxygen atoms in total. The summed E-state index contributed by atoms with van der Waals surface area (Å²) in [5, 5.41) is 10.9. The second-order valence-electron chi connectivity index (χ2n) is 4.54. The zero-order chi connectivity index (χ0) is 13.0. The van der Waals surface area contributed by atoms with E-state index in [9.17, 15) is 4.39 Å². The number of piperazine rings is 1. The number of nitriles is 1. The molecule has 0 amide bonds. The van der Waals surface area contributed by atoms with E-state index in [0.717, 1.165) is 26.2 Å². The molecule has 0 aromatic heterocycles. The lowest BCUT2D eigenvalue weighted by Crippen LogP contribution is -2.50. The predicted octanol–water partition coefficient (Wildman–Crippen LogP) is 0.949. The van der Waals surface area contributed by atoms with Crippen molar-refractivity contribution in [2.24, 2.45) is 0 Å². The molecule has 0 radical (unpaired) electrons. The van der Waals surface area contributed by atoms with Gasteiger partial charge in [-0.15, -0.1) is 0 Å². The Hall–Kier alpha value is -1.48. The van der Waals surface area contributed by atoms with Crippen LogP contribution in [0.25, 0.3) is 0 Å². The Kier molecular flexibility index (Phi) is 4.26. The molecule has 2 rings (SSSR count). The first-order chi connectivity index (χ1) is 8.69. The van der Waals surface area contributed by atoms with E-state index in [4.69, 9.17) is 5.26 Å². The Morgan fingerprint density at radius 2 is 2.06 bits per heavy atom. The maximum atomic E-state index is 13.5. The van der Waals surface area contributed by atoms with Crippen LogP contribution in [0.15, 0.2) is 18.2 Å². The fourth-order valence-electron chi connectivity index (χ4n) is 1.94. The van der Waals surface area contributed by atoms with Gasteiger partial charge in [0.15, 0.2) is 0 Å². The highest BCUT2D eigenvalue weighted by molar-refractivity contribution is 5.33. The van der Waals surface area contributed by atoms with Gasteiger partial charge in [0.2, 0.25) is 0 Å². The number of nitrogens with one attached hydrogen (secondary N) is 1. The molecule has 5 heteroatoms. The van der Waals surface area contributed by atoms with E-state index in [1.54, 1.807) is 6.07 Å². The Morgan fingerprint density at radius 1 is 1.33 bits per heavy atom. The van der Waals surface area contributed by atoms with E-state index in [2.05, 4.69) is 22.4 Å². The number of hydrogen-bond acceptors (Lipinski definition) is 4. The molecular formula is C13H17FN4. The third kappa shape index (κ3) is 3.26. The first-order valence-electron chi connectivity index (χ1n) is 6.04. The number of nitrogens with zero attached hydrogens (tertiary/aromatic N) is 3. The summed E-state index contributed by atoms with van der Waals surface area (Å²) in [7, 11) is 2.09. The predicted molar refractivity (Wildman–Crippen MR) is 67.0 cm³/mol. The van der Waals surface area contributed by atoms with Gasteiger partial charge in [0.1, 0.15) is 5.82 Å². The summed E-state index contributed by atoms with van der Waals surface area (Å²) >= 11 is 0. The highest BCUT2D eigenvalue weighted by Gasteiger charge is 2.13. The average Bonchev–Trinajstić information content (AvgIpc) is 2.40. The van der Waals surface area contributed by atoms with Crippen molar-refractivity contribution in [3.8, 4) is 6.07 Å². The smallest absolute Gasteiger partial charge is 0.127 e. The van der Waals surface area contributed by atoms with Gasteiger partial charge in [0.25, 0.3) is 0 Å². The second-order valence-corrected chi connectivity index (χ2v) is 4.54. The molecule has 1 fully saturated rings. The van der Waals surface area contributed by atoms with Crippen molar-refractivity contribution in [1.29, 1.82) is 5.26 Å². The quantitative estimate of drug-likeness (QED) is 0.865. The molecule has 18 heavy (non-hydrogen) atoms. The van der Waals surface area contributed by atoms with Crippen molar-refractivity contribution in [1.82, 2.24) is 15.3 Å². The highest BCUT2D eigenvalue weighted by Crippen LogP contribution is 2.10. The lowest BCUT2D eigenvalue weighted by atomic mass is 10.1. The van der Waals surface area contributed by atoms with E-state index >= 15 is 0 Å². The number of likely N-dealkylation sites (N-methyl/N-ethyl adjacent to an activating group) is 1. The zero-order valence-electron chi connectivity index (χ0n) is 10.5. The zero-order valence-corrected chi connectivity index (χ0v) is 10.5. The van der Waals surface area contributed by atoms with Gasteiger partial charge >= 0.3 is 0 Å². The maximum Gasteiger partial charge on any atom is 0.127 e. The van der Waals surface area contributed by atoms with Crippen LogP contribution in [0.2, 0.25) is 0 Å². The fourth-order valence-corrected chi connectivity index (χ4v) is 1.94. The van der Waals surface area contributed by atoms with Gasteiger partial charge < -0.3 is 4.90 Å². The molecular weight excluding hydrogens is 231 g/mol. The van der Waals surface area contributed by atoms with E-state index in [-0.39, 0.29) is 5.82 Å². The molecule has 1 aliphatic rings. The molecule has 0 bridgehead atoms. The Labute approximate surface area is 107 Å².